The van der Waals surface area contributed by atoms with E-state index in [1.54, 1.807) is 50.6 Å². The maximum Gasteiger partial charge on any atom is 0.323 e. The minimum atomic E-state index is -0.324. The number of halogens is 1. The zero-order chi connectivity index (χ0) is 20.8. The van der Waals surface area contributed by atoms with E-state index in [4.69, 9.17) is 0 Å². The highest BCUT2D eigenvalue weighted by Crippen LogP contribution is 2.27. The quantitative estimate of drug-likeness (QED) is 0.648. The molecule has 150 valence electrons. The van der Waals surface area contributed by atoms with E-state index < -0.39 is 0 Å². The lowest BCUT2D eigenvalue weighted by molar-refractivity contribution is 0.0958. The Hall–Kier alpha value is -3.33. The van der Waals surface area contributed by atoms with Gasteiger partial charge in [0, 0.05) is 26.8 Å². The average molecular weight is 413 g/mol. The molecule has 0 unspecified atom stereocenters. The third-order valence-corrected chi connectivity index (χ3v) is 5.08. The van der Waals surface area contributed by atoms with E-state index in [-0.39, 0.29) is 23.7 Å². The van der Waals surface area contributed by atoms with Crippen LogP contribution in [0.15, 0.2) is 48.7 Å². The number of urea groups is 1. The highest BCUT2D eigenvalue weighted by molar-refractivity contribution is 7.17. The Labute approximate surface area is 171 Å². The Morgan fingerprint density at radius 1 is 1.10 bits per heavy atom. The number of amides is 3. The van der Waals surface area contributed by atoms with Crippen LogP contribution in [0.25, 0.3) is 10.6 Å². The van der Waals surface area contributed by atoms with E-state index in [0.717, 1.165) is 10.4 Å². The van der Waals surface area contributed by atoms with Crippen molar-refractivity contribution in [2.75, 3.05) is 26.0 Å². The Morgan fingerprint density at radius 2 is 1.86 bits per heavy atom. The van der Waals surface area contributed by atoms with E-state index in [9.17, 15) is 14.0 Å². The minimum absolute atomic E-state index is 0.182. The summed E-state index contributed by atoms with van der Waals surface area (Å²) in [6.07, 6.45) is 2.17. The average Bonchev–Trinajstić information content (AvgIpc) is 3.20. The summed E-state index contributed by atoms with van der Waals surface area (Å²) in [6, 6.07) is 11.1. The molecule has 0 aliphatic heterocycles. The molecule has 2 aromatic heterocycles. The van der Waals surface area contributed by atoms with Gasteiger partial charge in [0.15, 0.2) is 0 Å². The summed E-state index contributed by atoms with van der Waals surface area (Å²) in [6.45, 7) is 0.450. The maximum atomic E-state index is 12.9. The van der Waals surface area contributed by atoms with Crippen LogP contribution in [0.4, 0.5) is 15.1 Å². The molecule has 3 rings (SSSR count). The first-order valence-electron chi connectivity index (χ1n) is 8.86. The summed E-state index contributed by atoms with van der Waals surface area (Å²) in [4.78, 5) is 35.2. The number of benzene rings is 1. The lowest BCUT2D eigenvalue weighted by Crippen LogP contribution is -2.28. The van der Waals surface area contributed by atoms with Crippen LogP contribution in [-0.4, -0.2) is 47.4 Å². The van der Waals surface area contributed by atoms with E-state index in [0.29, 0.717) is 23.5 Å². The SMILES string of the molecule is CN(C)C(=O)Nc1nccc(-c2ccc(C(=O)NCCc3ccc(F)cc3)s2)n1. The summed E-state index contributed by atoms with van der Waals surface area (Å²) in [5, 5.41) is 5.45. The molecule has 0 fully saturated rings. The lowest BCUT2D eigenvalue weighted by Gasteiger charge is -2.10. The van der Waals surface area contributed by atoms with Crippen LogP contribution in [0.3, 0.4) is 0 Å². The molecular weight excluding hydrogens is 393 g/mol. The van der Waals surface area contributed by atoms with Gasteiger partial charge in [-0.15, -0.1) is 11.3 Å². The van der Waals surface area contributed by atoms with Crippen molar-refractivity contribution in [2.45, 2.75) is 6.42 Å². The zero-order valence-corrected chi connectivity index (χ0v) is 16.8. The second kappa shape index (κ2) is 9.24. The molecule has 0 saturated heterocycles. The molecule has 0 aliphatic carbocycles. The van der Waals surface area contributed by atoms with Crippen LogP contribution >= 0.6 is 11.3 Å². The van der Waals surface area contributed by atoms with Crippen molar-refractivity contribution in [3.05, 3.63) is 64.9 Å². The fourth-order valence-corrected chi connectivity index (χ4v) is 3.31. The Bertz CT molecular complexity index is 1000. The number of thiophene rings is 1. The van der Waals surface area contributed by atoms with Crippen molar-refractivity contribution < 1.29 is 14.0 Å². The first kappa shape index (κ1) is 20.4. The maximum absolute atomic E-state index is 12.9. The largest absolute Gasteiger partial charge is 0.351 e. The van der Waals surface area contributed by atoms with Crippen LogP contribution in [-0.2, 0) is 6.42 Å². The van der Waals surface area contributed by atoms with Gasteiger partial charge in [-0.2, -0.15) is 0 Å². The molecule has 9 heteroatoms. The molecule has 0 aliphatic rings. The number of nitrogens with one attached hydrogen (secondary N) is 2. The van der Waals surface area contributed by atoms with Crippen LogP contribution in [0.5, 0.6) is 0 Å². The first-order chi connectivity index (χ1) is 13.9. The van der Waals surface area contributed by atoms with Crippen molar-refractivity contribution in [2.24, 2.45) is 0 Å². The fraction of sp³-hybridized carbons (Fsp3) is 0.200. The van der Waals surface area contributed by atoms with Crippen LogP contribution in [0, 0.1) is 5.82 Å². The van der Waals surface area contributed by atoms with Crippen molar-refractivity contribution in [1.82, 2.24) is 20.2 Å². The van der Waals surface area contributed by atoms with Crippen molar-refractivity contribution in [3.8, 4) is 10.6 Å². The molecule has 7 nitrogen and oxygen atoms in total. The molecule has 29 heavy (non-hydrogen) atoms. The second-order valence-corrected chi connectivity index (χ2v) is 7.47. The van der Waals surface area contributed by atoms with E-state index in [2.05, 4.69) is 20.6 Å². The van der Waals surface area contributed by atoms with Crippen LogP contribution < -0.4 is 10.6 Å². The Kier molecular flexibility index (Phi) is 6.50. The third-order valence-electron chi connectivity index (χ3n) is 3.98. The molecule has 1 aromatic carbocycles. The monoisotopic (exact) mass is 413 g/mol. The van der Waals surface area contributed by atoms with Gasteiger partial charge >= 0.3 is 6.03 Å². The third kappa shape index (κ3) is 5.58. The number of nitrogens with zero attached hydrogens (tertiary/aromatic N) is 3. The summed E-state index contributed by atoms with van der Waals surface area (Å²) >= 11 is 1.30. The van der Waals surface area contributed by atoms with Gasteiger partial charge in [0.25, 0.3) is 5.91 Å². The molecule has 3 aromatic rings. The van der Waals surface area contributed by atoms with Gasteiger partial charge in [0.05, 0.1) is 15.4 Å². The van der Waals surface area contributed by atoms with Gasteiger partial charge in [-0.3, -0.25) is 10.1 Å². The molecule has 0 bridgehead atoms. The number of carbonyl (C=O) groups is 2. The number of aromatic nitrogens is 2. The number of carbonyl (C=O) groups excluding carboxylic acids is 2. The molecule has 0 atom stereocenters. The van der Waals surface area contributed by atoms with E-state index in [1.807, 2.05) is 0 Å². The zero-order valence-electron chi connectivity index (χ0n) is 16.0. The fourth-order valence-electron chi connectivity index (χ4n) is 2.42. The molecule has 0 spiro atoms. The van der Waals surface area contributed by atoms with Gasteiger partial charge in [-0.05, 0) is 42.3 Å². The van der Waals surface area contributed by atoms with Crippen molar-refractivity contribution in [1.29, 1.82) is 0 Å². The van der Waals surface area contributed by atoms with Gasteiger partial charge in [0.1, 0.15) is 5.82 Å². The smallest absolute Gasteiger partial charge is 0.323 e. The number of hydrogen-bond donors (Lipinski definition) is 2. The molecule has 0 saturated carbocycles. The summed E-state index contributed by atoms with van der Waals surface area (Å²) < 4.78 is 12.9. The van der Waals surface area contributed by atoms with E-state index >= 15 is 0 Å². The molecule has 0 radical (unpaired) electrons. The first-order valence-corrected chi connectivity index (χ1v) is 9.68. The highest BCUT2D eigenvalue weighted by atomic mass is 32.1. The van der Waals surface area contributed by atoms with E-state index in [1.165, 1.54) is 28.4 Å². The van der Waals surface area contributed by atoms with Gasteiger partial charge in [-0.1, -0.05) is 12.1 Å². The Morgan fingerprint density at radius 3 is 2.59 bits per heavy atom. The standard InChI is InChI=1S/C20H20FN5O2S/c1-26(2)20(28)25-19-23-12-10-15(24-19)16-7-8-17(29-16)18(27)22-11-9-13-3-5-14(21)6-4-13/h3-8,10,12H,9,11H2,1-2H3,(H,22,27)(H,23,24,25,28). The number of anilines is 1. The predicted octanol–water partition coefficient (Wildman–Crippen LogP) is 3.41. The second-order valence-electron chi connectivity index (χ2n) is 6.39. The molecular formula is C20H20FN5O2S. The summed E-state index contributed by atoms with van der Waals surface area (Å²) in [5.41, 5.74) is 1.57. The normalized spacial score (nSPS) is 10.4. The molecule has 2 heterocycles. The highest BCUT2D eigenvalue weighted by Gasteiger charge is 2.12. The minimum Gasteiger partial charge on any atom is -0.351 e. The van der Waals surface area contributed by atoms with Crippen molar-refractivity contribution in [3.63, 3.8) is 0 Å². The molecule has 2 N–H and O–H groups in total. The van der Waals surface area contributed by atoms with Crippen LogP contribution in [0.2, 0.25) is 0 Å². The van der Waals surface area contributed by atoms with Gasteiger partial charge in [-0.25, -0.2) is 19.2 Å². The predicted molar refractivity (Wildman–Crippen MR) is 110 cm³/mol. The summed E-state index contributed by atoms with van der Waals surface area (Å²) in [7, 11) is 3.25. The Balaban J connectivity index is 1.60. The topological polar surface area (TPSA) is 87.2 Å². The number of hydrogen-bond acceptors (Lipinski definition) is 5. The number of rotatable bonds is 6. The van der Waals surface area contributed by atoms with Crippen LogP contribution in [0.1, 0.15) is 15.2 Å². The van der Waals surface area contributed by atoms with Gasteiger partial charge < -0.3 is 10.2 Å². The lowest BCUT2D eigenvalue weighted by atomic mass is 10.1. The summed E-state index contributed by atoms with van der Waals surface area (Å²) in [5.74, 6) is -0.267. The molecule has 3 amide bonds. The van der Waals surface area contributed by atoms with Crippen molar-refractivity contribution >= 4 is 29.2 Å². The van der Waals surface area contributed by atoms with Gasteiger partial charge in [0.2, 0.25) is 5.95 Å².